The molecule has 3 aliphatic heterocycles. The smallest absolute Gasteiger partial charge is 0.228 e. The van der Waals surface area contributed by atoms with Crippen molar-refractivity contribution in [2.24, 2.45) is 0 Å². The van der Waals surface area contributed by atoms with Crippen LogP contribution in [0.25, 0.3) is 11.3 Å². The van der Waals surface area contributed by atoms with Gasteiger partial charge in [-0.05, 0) is 12.1 Å². The molecule has 2 fully saturated rings. The molecule has 0 spiro atoms. The van der Waals surface area contributed by atoms with Gasteiger partial charge < -0.3 is 25.0 Å². The lowest BCUT2D eigenvalue weighted by molar-refractivity contribution is 0.0974. The predicted molar refractivity (Wildman–Crippen MR) is 98.4 cm³/mol. The quantitative estimate of drug-likeness (QED) is 0.844. The minimum Gasteiger partial charge on any atom is -0.384 e. The van der Waals surface area contributed by atoms with E-state index < -0.39 is 0 Å². The second kappa shape index (κ2) is 6.37. The van der Waals surface area contributed by atoms with Gasteiger partial charge in [0.1, 0.15) is 11.6 Å². The van der Waals surface area contributed by atoms with Crippen molar-refractivity contribution in [2.75, 3.05) is 61.6 Å². The number of nitrogens with zero attached hydrogens (tertiary/aromatic N) is 5. The second-order valence-corrected chi connectivity index (χ2v) is 6.87. The highest BCUT2D eigenvalue weighted by atomic mass is 16.5. The van der Waals surface area contributed by atoms with Crippen LogP contribution in [0.2, 0.25) is 0 Å². The number of rotatable bonds is 2. The third-order valence-corrected chi connectivity index (χ3v) is 5.27. The highest BCUT2D eigenvalue weighted by Gasteiger charge is 2.36. The molecule has 2 aromatic rings. The van der Waals surface area contributed by atoms with E-state index in [1.807, 2.05) is 12.1 Å². The minimum absolute atomic E-state index is 0.341. The van der Waals surface area contributed by atoms with E-state index in [1.54, 1.807) is 6.20 Å². The monoisotopic (exact) mass is 354 g/mol. The van der Waals surface area contributed by atoms with Gasteiger partial charge in [-0.25, -0.2) is 9.97 Å². The minimum atomic E-state index is 0.341. The molecule has 0 aliphatic carbocycles. The molecule has 136 valence electrons. The molecule has 0 amide bonds. The maximum Gasteiger partial charge on any atom is 0.228 e. The molecule has 0 aromatic carbocycles. The number of nitrogen functional groups attached to an aromatic ring is 1. The van der Waals surface area contributed by atoms with E-state index in [1.165, 1.54) is 5.56 Å². The average Bonchev–Trinajstić information content (AvgIpc) is 3.07. The van der Waals surface area contributed by atoms with Crippen LogP contribution in [0.1, 0.15) is 5.56 Å². The maximum absolute atomic E-state index is 5.77. The predicted octanol–water partition coefficient (Wildman–Crippen LogP) is 0.719. The van der Waals surface area contributed by atoms with Gasteiger partial charge in [0.05, 0.1) is 38.2 Å². The largest absolute Gasteiger partial charge is 0.384 e. The molecule has 5 rings (SSSR count). The lowest BCUT2D eigenvalue weighted by Gasteiger charge is -2.32. The van der Waals surface area contributed by atoms with E-state index in [0.29, 0.717) is 25.1 Å². The lowest BCUT2D eigenvalue weighted by Crippen LogP contribution is -2.43. The molecule has 8 nitrogen and oxygen atoms in total. The first-order chi connectivity index (χ1) is 12.8. The van der Waals surface area contributed by atoms with E-state index in [4.69, 9.17) is 25.2 Å². The van der Waals surface area contributed by atoms with E-state index in [9.17, 15) is 0 Å². The van der Waals surface area contributed by atoms with Crippen LogP contribution in [0.3, 0.4) is 0 Å². The summed E-state index contributed by atoms with van der Waals surface area (Å²) in [6, 6.07) is 4.15. The van der Waals surface area contributed by atoms with Crippen molar-refractivity contribution in [1.29, 1.82) is 0 Å². The number of fused-ring (bicyclic) bond motifs is 3. The van der Waals surface area contributed by atoms with Gasteiger partial charge in [-0.2, -0.15) is 4.98 Å². The molecule has 1 unspecified atom stereocenters. The van der Waals surface area contributed by atoms with Gasteiger partial charge in [-0.3, -0.25) is 0 Å². The summed E-state index contributed by atoms with van der Waals surface area (Å²) in [4.78, 5) is 18.7. The zero-order chi connectivity index (χ0) is 17.5. The molecule has 8 heteroatoms. The second-order valence-electron chi connectivity index (χ2n) is 6.87. The Labute approximate surface area is 152 Å². The van der Waals surface area contributed by atoms with Crippen LogP contribution in [0, 0.1) is 0 Å². The summed E-state index contributed by atoms with van der Waals surface area (Å²) in [7, 11) is 0. The summed E-state index contributed by atoms with van der Waals surface area (Å²) in [6.07, 6.45) is 2.70. The number of anilines is 3. The van der Waals surface area contributed by atoms with E-state index in [0.717, 1.165) is 62.3 Å². The Balaban J connectivity index is 1.62. The van der Waals surface area contributed by atoms with Crippen LogP contribution in [0.15, 0.2) is 18.3 Å². The number of aromatic nitrogens is 3. The maximum atomic E-state index is 5.77. The fraction of sp³-hybridized carbons (Fsp3) is 0.500. The lowest BCUT2D eigenvalue weighted by atomic mass is 10.0. The van der Waals surface area contributed by atoms with Crippen LogP contribution < -0.4 is 15.5 Å². The summed E-state index contributed by atoms with van der Waals surface area (Å²) in [5, 5.41) is 0. The average molecular weight is 354 g/mol. The first-order valence-electron chi connectivity index (χ1n) is 9.09. The van der Waals surface area contributed by atoms with Crippen molar-refractivity contribution < 1.29 is 9.47 Å². The van der Waals surface area contributed by atoms with Crippen molar-refractivity contribution in [1.82, 2.24) is 15.0 Å². The topological polar surface area (TPSA) is 89.6 Å². The van der Waals surface area contributed by atoms with Crippen molar-refractivity contribution in [3.63, 3.8) is 0 Å². The molecular formula is C18H22N6O2. The summed E-state index contributed by atoms with van der Waals surface area (Å²) >= 11 is 0. The van der Waals surface area contributed by atoms with Gasteiger partial charge in [0, 0.05) is 43.4 Å². The summed E-state index contributed by atoms with van der Waals surface area (Å²) < 4.78 is 11.2. The summed E-state index contributed by atoms with van der Waals surface area (Å²) in [5.74, 6) is 2.33. The van der Waals surface area contributed by atoms with Crippen molar-refractivity contribution in [3.8, 4) is 11.3 Å². The molecule has 1 atom stereocenters. The molecule has 0 bridgehead atoms. The Morgan fingerprint density at radius 1 is 1.04 bits per heavy atom. The molecule has 2 saturated heterocycles. The number of pyridine rings is 1. The van der Waals surface area contributed by atoms with Crippen LogP contribution in [0.4, 0.5) is 17.6 Å². The van der Waals surface area contributed by atoms with Crippen LogP contribution >= 0.6 is 0 Å². The van der Waals surface area contributed by atoms with Gasteiger partial charge in [0.2, 0.25) is 5.95 Å². The normalized spacial score (nSPS) is 22.2. The zero-order valence-electron chi connectivity index (χ0n) is 14.6. The van der Waals surface area contributed by atoms with E-state index in [-0.39, 0.29) is 0 Å². The van der Waals surface area contributed by atoms with Crippen molar-refractivity contribution in [2.45, 2.75) is 12.5 Å². The van der Waals surface area contributed by atoms with Crippen molar-refractivity contribution in [3.05, 3.63) is 23.9 Å². The molecule has 2 N–H and O–H groups in total. The Hall–Kier alpha value is -2.45. The van der Waals surface area contributed by atoms with Gasteiger partial charge >= 0.3 is 0 Å². The van der Waals surface area contributed by atoms with Gasteiger partial charge in [-0.1, -0.05) is 0 Å². The summed E-state index contributed by atoms with van der Waals surface area (Å²) in [6.45, 7) is 5.39. The summed E-state index contributed by atoms with van der Waals surface area (Å²) in [5.41, 5.74) is 8.89. The van der Waals surface area contributed by atoms with Gasteiger partial charge in [0.15, 0.2) is 0 Å². The Morgan fingerprint density at radius 3 is 2.69 bits per heavy atom. The SMILES string of the molecule is Nc1ccc(-c2nc(N3CCOCC3)nc3c2CC2COCCN32)cn1. The molecular weight excluding hydrogens is 332 g/mol. The highest BCUT2D eigenvalue weighted by molar-refractivity contribution is 5.73. The fourth-order valence-electron chi connectivity index (χ4n) is 3.91. The number of ether oxygens (including phenoxy) is 2. The van der Waals surface area contributed by atoms with Crippen LogP contribution in [-0.4, -0.2) is 67.1 Å². The van der Waals surface area contributed by atoms with Crippen LogP contribution in [0.5, 0.6) is 0 Å². The van der Waals surface area contributed by atoms with Crippen LogP contribution in [-0.2, 0) is 15.9 Å². The Morgan fingerprint density at radius 2 is 1.88 bits per heavy atom. The Bertz CT molecular complexity index is 806. The van der Waals surface area contributed by atoms with Crippen molar-refractivity contribution >= 4 is 17.6 Å². The third-order valence-electron chi connectivity index (χ3n) is 5.27. The highest BCUT2D eigenvalue weighted by Crippen LogP contribution is 2.39. The molecule has 2 aromatic heterocycles. The molecule has 5 heterocycles. The standard InChI is InChI=1S/C18H22N6O2/c19-15-2-1-12(10-20-15)16-14-9-13-11-26-8-5-24(13)17(14)22-18(21-16)23-3-6-25-7-4-23/h1-2,10,13H,3-9,11H2,(H2,19,20). The van der Waals surface area contributed by atoms with E-state index >= 15 is 0 Å². The zero-order valence-corrected chi connectivity index (χ0v) is 14.6. The molecule has 26 heavy (non-hydrogen) atoms. The Kier molecular flexibility index (Phi) is 3.86. The number of hydrogen-bond acceptors (Lipinski definition) is 8. The number of hydrogen-bond donors (Lipinski definition) is 1. The molecule has 0 radical (unpaired) electrons. The van der Waals surface area contributed by atoms with Gasteiger partial charge in [-0.15, -0.1) is 0 Å². The third kappa shape index (κ3) is 2.65. The van der Waals surface area contributed by atoms with Gasteiger partial charge in [0.25, 0.3) is 0 Å². The first kappa shape index (κ1) is 15.8. The molecule has 0 saturated carbocycles. The molecule has 3 aliphatic rings. The van der Waals surface area contributed by atoms with E-state index in [2.05, 4.69) is 14.8 Å². The fourth-order valence-corrected chi connectivity index (χ4v) is 3.91. The number of morpholine rings is 2. The number of nitrogens with two attached hydrogens (primary N) is 1. The first-order valence-corrected chi connectivity index (χ1v) is 9.09.